The van der Waals surface area contributed by atoms with Crippen LogP contribution >= 0.6 is 15.9 Å². The molecule has 1 heterocycles. The summed E-state index contributed by atoms with van der Waals surface area (Å²) in [5.41, 5.74) is 1.56. The fraction of sp³-hybridized carbons (Fsp3) is 0.385. The van der Waals surface area contributed by atoms with E-state index in [4.69, 9.17) is 9.15 Å². The molecule has 0 saturated carbocycles. The van der Waals surface area contributed by atoms with Crippen LogP contribution in [0.15, 0.2) is 21.0 Å². The third-order valence-corrected chi connectivity index (χ3v) is 3.31. The van der Waals surface area contributed by atoms with Gasteiger partial charge < -0.3 is 14.5 Å². The van der Waals surface area contributed by atoms with Gasteiger partial charge in [-0.1, -0.05) is 6.92 Å². The van der Waals surface area contributed by atoms with Crippen LogP contribution in [0.5, 0.6) is 0 Å². The maximum Gasteiger partial charge on any atom is 0.149 e. The van der Waals surface area contributed by atoms with Crippen molar-refractivity contribution in [2.45, 2.75) is 20.1 Å². The number of hydrogen-bond donors (Lipinski definition) is 1. The lowest BCUT2D eigenvalue weighted by Crippen LogP contribution is -2.12. The van der Waals surface area contributed by atoms with E-state index in [9.17, 15) is 4.39 Å². The fourth-order valence-electron chi connectivity index (χ4n) is 1.91. The Bertz CT molecular complexity index is 553. The smallest absolute Gasteiger partial charge is 0.149 e. The molecule has 2 aromatic rings. The van der Waals surface area contributed by atoms with Crippen molar-refractivity contribution in [3.05, 3.63) is 33.7 Å². The van der Waals surface area contributed by atoms with Crippen molar-refractivity contribution < 1.29 is 13.5 Å². The van der Waals surface area contributed by atoms with E-state index in [0.717, 1.165) is 23.3 Å². The van der Waals surface area contributed by atoms with E-state index in [1.165, 1.54) is 12.1 Å². The highest BCUT2D eigenvalue weighted by Gasteiger charge is 2.16. The Morgan fingerprint density at radius 1 is 1.44 bits per heavy atom. The monoisotopic (exact) mass is 315 g/mol. The first-order valence-corrected chi connectivity index (χ1v) is 6.55. The van der Waals surface area contributed by atoms with Crippen molar-refractivity contribution in [2.75, 3.05) is 13.7 Å². The maximum atomic E-state index is 13.5. The molecule has 0 atom stereocenters. The van der Waals surface area contributed by atoms with Gasteiger partial charge in [0.2, 0.25) is 0 Å². The molecular formula is C13H15BrFNO2. The van der Waals surface area contributed by atoms with Crippen molar-refractivity contribution in [1.82, 2.24) is 5.32 Å². The van der Waals surface area contributed by atoms with Crippen LogP contribution in [0, 0.1) is 5.82 Å². The summed E-state index contributed by atoms with van der Waals surface area (Å²) in [6.07, 6.45) is 0. The summed E-state index contributed by atoms with van der Waals surface area (Å²) in [4.78, 5) is 0. The summed E-state index contributed by atoms with van der Waals surface area (Å²) in [5, 5.41) is 3.96. The topological polar surface area (TPSA) is 34.4 Å². The Balaban J connectivity index is 2.55. The lowest BCUT2D eigenvalue weighted by Gasteiger charge is -2.02. The molecule has 0 bridgehead atoms. The van der Waals surface area contributed by atoms with Crippen LogP contribution < -0.4 is 5.32 Å². The minimum atomic E-state index is -0.289. The number of benzene rings is 1. The Morgan fingerprint density at radius 3 is 2.89 bits per heavy atom. The molecule has 0 spiro atoms. The first-order chi connectivity index (χ1) is 8.67. The van der Waals surface area contributed by atoms with Crippen molar-refractivity contribution >= 4 is 26.9 Å². The summed E-state index contributed by atoms with van der Waals surface area (Å²) < 4.78 is 25.0. The normalized spacial score (nSPS) is 11.3. The van der Waals surface area contributed by atoms with Gasteiger partial charge in [-0.05, 0) is 34.6 Å². The third-order valence-electron chi connectivity index (χ3n) is 2.72. The second-order valence-electron chi connectivity index (χ2n) is 3.98. The summed E-state index contributed by atoms with van der Waals surface area (Å²) in [6.45, 7) is 3.88. The second-order valence-corrected chi connectivity index (χ2v) is 4.84. The van der Waals surface area contributed by atoms with Gasteiger partial charge in [-0.25, -0.2) is 4.39 Å². The Morgan fingerprint density at radius 2 is 2.22 bits per heavy atom. The SMILES string of the molecule is CCNCc1oc2c(Br)cc(F)cc2c1COC. The zero-order valence-electron chi connectivity index (χ0n) is 10.3. The molecule has 0 aliphatic heterocycles. The molecule has 1 N–H and O–H groups in total. The predicted molar refractivity (Wildman–Crippen MR) is 72.0 cm³/mol. The molecule has 0 amide bonds. The standard InChI is InChI=1S/C13H15BrFNO2/c1-3-16-6-12-10(7-17-2)9-4-8(15)5-11(14)13(9)18-12/h4-5,16H,3,6-7H2,1-2H3. The first kappa shape index (κ1) is 13.5. The minimum absolute atomic E-state index is 0.289. The number of rotatable bonds is 5. The van der Waals surface area contributed by atoms with Gasteiger partial charge >= 0.3 is 0 Å². The van der Waals surface area contributed by atoms with Gasteiger partial charge in [0.25, 0.3) is 0 Å². The number of fused-ring (bicyclic) bond motifs is 1. The van der Waals surface area contributed by atoms with Crippen LogP contribution in [0.3, 0.4) is 0 Å². The molecule has 1 aromatic heterocycles. The quantitative estimate of drug-likeness (QED) is 0.915. The number of halogens is 2. The zero-order valence-corrected chi connectivity index (χ0v) is 11.9. The van der Waals surface area contributed by atoms with Gasteiger partial charge in [-0.2, -0.15) is 0 Å². The number of methoxy groups -OCH3 is 1. The molecule has 98 valence electrons. The number of nitrogens with one attached hydrogen (secondary N) is 1. The van der Waals surface area contributed by atoms with E-state index in [0.29, 0.717) is 23.2 Å². The molecule has 1 aromatic carbocycles. The third kappa shape index (κ3) is 2.58. The highest BCUT2D eigenvalue weighted by molar-refractivity contribution is 9.10. The highest BCUT2D eigenvalue weighted by Crippen LogP contribution is 2.33. The summed E-state index contributed by atoms with van der Waals surface area (Å²) in [6, 6.07) is 2.88. The molecule has 3 nitrogen and oxygen atoms in total. The van der Waals surface area contributed by atoms with E-state index in [2.05, 4.69) is 21.2 Å². The lowest BCUT2D eigenvalue weighted by molar-refractivity contribution is 0.183. The minimum Gasteiger partial charge on any atom is -0.458 e. The molecule has 0 aliphatic carbocycles. The Kier molecular flexibility index (Phi) is 4.37. The molecule has 5 heteroatoms. The van der Waals surface area contributed by atoms with E-state index in [-0.39, 0.29) is 5.82 Å². The van der Waals surface area contributed by atoms with E-state index in [1.54, 1.807) is 7.11 Å². The number of hydrogen-bond acceptors (Lipinski definition) is 3. The van der Waals surface area contributed by atoms with Crippen molar-refractivity contribution in [1.29, 1.82) is 0 Å². The molecule has 0 unspecified atom stereocenters. The van der Waals surface area contributed by atoms with Crippen molar-refractivity contribution in [3.8, 4) is 0 Å². The molecule has 0 aliphatic rings. The van der Waals surface area contributed by atoms with E-state index >= 15 is 0 Å². The van der Waals surface area contributed by atoms with Crippen LogP contribution in [0.25, 0.3) is 11.0 Å². The lowest BCUT2D eigenvalue weighted by atomic mass is 10.1. The van der Waals surface area contributed by atoms with Crippen LogP contribution in [-0.4, -0.2) is 13.7 Å². The van der Waals surface area contributed by atoms with Gasteiger partial charge in [-0.3, -0.25) is 0 Å². The fourth-order valence-corrected chi connectivity index (χ4v) is 2.42. The number of furan rings is 1. The van der Waals surface area contributed by atoms with E-state index < -0.39 is 0 Å². The van der Waals surface area contributed by atoms with Crippen molar-refractivity contribution in [2.24, 2.45) is 0 Å². The van der Waals surface area contributed by atoms with Gasteiger partial charge in [0, 0.05) is 18.1 Å². The average molecular weight is 316 g/mol. The highest BCUT2D eigenvalue weighted by atomic mass is 79.9. The van der Waals surface area contributed by atoms with Gasteiger partial charge in [-0.15, -0.1) is 0 Å². The Labute approximate surface area is 113 Å². The maximum absolute atomic E-state index is 13.5. The molecule has 0 saturated heterocycles. The van der Waals surface area contributed by atoms with Gasteiger partial charge in [0.1, 0.15) is 17.2 Å². The van der Waals surface area contributed by atoms with Gasteiger partial charge in [0.15, 0.2) is 0 Å². The zero-order chi connectivity index (χ0) is 13.1. The van der Waals surface area contributed by atoms with Crippen molar-refractivity contribution in [3.63, 3.8) is 0 Å². The molecular weight excluding hydrogens is 301 g/mol. The van der Waals surface area contributed by atoms with Crippen LogP contribution in [0.1, 0.15) is 18.2 Å². The summed E-state index contributed by atoms with van der Waals surface area (Å²) in [5.74, 6) is 0.502. The average Bonchev–Trinajstić information content (AvgIpc) is 2.66. The Hall–Kier alpha value is -0.910. The molecule has 18 heavy (non-hydrogen) atoms. The predicted octanol–water partition coefficient (Wildman–Crippen LogP) is 3.59. The number of ether oxygens (including phenoxy) is 1. The van der Waals surface area contributed by atoms with E-state index in [1.807, 2.05) is 6.92 Å². The van der Waals surface area contributed by atoms with Crippen LogP contribution in [0.2, 0.25) is 0 Å². The summed E-state index contributed by atoms with van der Waals surface area (Å²) in [7, 11) is 1.62. The first-order valence-electron chi connectivity index (χ1n) is 5.76. The second kappa shape index (κ2) is 5.82. The largest absolute Gasteiger partial charge is 0.458 e. The molecule has 0 fully saturated rings. The molecule has 2 rings (SSSR count). The van der Waals surface area contributed by atoms with Gasteiger partial charge in [0.05, 0.1) is 17.6 Å². The summed E-state index contributed by atoms with van der Waals surface area (Å²) >= 11 is 3.32. The molecule has 0 radical (unpaired) electrons. The van der Waals surface area contributed by atoms with Crippen LogP contribution in [0.4, 0.5) is 4.39 Å². The van der Waals surface area contributed by atoms with Crippen LogP contribution in [-0.2, 0) is 17.9 Å².